The van der Waals surface area contributed by atoms with Crippen LogP contribution in [-0.4, -0.2) is 18.2 Å². The molecule has 0 aromatic heterocycles. The molecule has 4 aliphatic rings. The zero-order valence-electron chi connectivity index (χ0n) is 12.0. The highest BCUT2D eigenvalue weighted by Gasteiger charge is 2.61. The van der Waals surface area contributed by atoms with Crippen molar-refractivity contribution in [2.45, 2.75) is 75.0 Å². The minimum absolute atomic E-state index is 0.136. The molecule has 4 aliphatic carbocycles. The van der Waals surface area contributed by atoms with E-state index >= 15 is 0 Å². The van der Waals surface area contributed by atoms with Gasteiger partial charge in [-0.05, 0) is 69.6 Å². The van der Waals surface area contributed by atoms with E-state index in [1.807, 2.05) is 6.92 Å². The Kier molecular flexibility index (Phi) is 3.05. The molecule has 1 unspecified atom stereocenters. The first-order chi connectivity index (χ1) is 8.80. The maximum Gasteiger partial charge on any atom is 0.208 e. The second-order valence-electron chi connectivity index (χ2n) is 7.46. The van der Waals surface area contributed by atoms with Crippen molar-refractivity contribution < 1.29 is 12.8 Å². The Morgan fingerprint density at radius 2 is 1.53 bits per heavy atom. The van der Waals surface area contributed by atoms with Gasteiger partial charge in [-0.2, -0.15) is 0 Å². The first-order valence-electron chi connectivity index (χ1n) is 7.73. The first kappa shape index (κ1) is 13.8. The largest absolute Gasteiger partial charge is 0.227 e. The van der Waals surface area contributed by atoms with E-state index in [9.17, 15) is 12.8 Å². The highest BCUT2D eigenvalue weighted by Crippen LogP contribution is 2.60. The maximum atomic E-state index is 14.8. The molecule has 0 aromatic rings. The molecule has 2 nitrogen and oxygen atoms in total. The zero-order chi connectivity index (χ0) is 13.9. The molecule has 0 amide bonds. The third-order valence-electron chi connectivity index (χ3n) is 5.81. The van der Waals surface area contributed by atoms with Crippen LogP contribution in [0, 0.1) is 17.8 Å². The van der Waals surface area contributed by atoms with Crippen LogP contribution in [0.25, 0.3) is 0 Å². The molecular weight excluding hydrogens is 263 g/mol. The molecule has 0 heterocycles. The average Bonchev–Trinajstić information content (AvgIpc) is 2.26. The molecule has 4 heteroatoms. The second kappa shape index (κ2) is 4.19. The van der Waals surface area contributed by atoms with Gasteiger partial charge in [0.15, 0.2) is 9.84 Å². The minimum atomic E-state index is -3.69. The van der Waals surface area contributed by atoms with E-state index in [4.69, 9.17) is 0 Å². The summed E-state index contributed by atoms with van der Waals surface area (Å²) in [6.07, 6.45) is 6.46. The van der Waals surface area contributed by atoms with Gasteiger partial charge in [0.05, 0.1) is 4.75 Å². The molecule has 4 fully saturated rings. The van der Waals surface area contributed by atoms with Gasteiger partial charge in [0.1, 0.15) is 0 Å². The third-order valence-corrected chi connectivity index (χ3v) is 8.77. The standard InChI is InChI=1S/C15H25FO2S/c1-3-4-14(2,16)19(17,18)15-8-11-5-12(9-15)7-13(6-11)10-15/h11-13H,3-10H2,1-2H3. The first-order valence-corrected chi connectivity index (χ1v) is 9.21. The molecule has 0 spiro atoms. The molecule has 4 bridgehead atoms. The van der Waals surface area contributed by atoms with Crippen molar-refractivity contribution in [2.24, 2.45) is 17.8 Å². The Labute approximate surface area is 116 Å². The smallest absolute Gasteiger partial charge is 0.208 e. The summed E-state index contributed by atoms with van der Waals surface area (Å²) in [4.78, 5) is 0. The normalized spacial score (nSPS) is 44.3. The molecule has 0 radical (unpaired) electrons. The van der Waals surface area contributed by atoms with Crippen molar-refractivity contribution in [1.82, 2.24) is 0 Å². The highest BCUT2D eigenvalue weighted by atomic mass is 32.2. The quantitative estimate of drug-likeness (QED) is 0.787. The van der Waals surface area contributed by atoms with Crippen molar-refractivity contribution >= 4 is 9.84 Å². The third kappa shape index (κ3) is 1.89. The van der Waals surface area contributed by atoms with Gasteiger partial charge in [-0.3, -0.25) is 0 Å². The fourth-order valence-electron chi connectivity index (χ4n) is 5.39. The van der Waals surface area contributed by atoms with Crippen LogP contribution in [0.4, 0.5) is 4.39 Å². The molecule has 110 valence electrons. The molecular formula is C15H25FO2S. The van der Waals surface area contributed by atoms with Crippen molar-refractivity contribution in [3.05, 3.63) is 0 Å². The summed E-state index contributed by atoms with van der Waals surface area (Å²) >= 11 is 0. The maximum absolute atomic E-state index is 14.8. The Bertz CT molecular complexity index is 431. The SMILES string of the molecule is CCCC(C)(F)S(=O)(=O)C12CC3CC(CC(C3)C1)C2. The van der Waals surface area contributed by atoms with Crippen LogP contribution in [-0.2, 0) is 9.84 Å². The fourth-order valence-corrected chi connectivity index (χ4v) is 8.13. The molecule has 0 aliphatic heterocycles. The molecule has 0 saturated heterocycles. The monoisotopic (exact) mass is 288 g/mol. The highest BCUT2D eigenvalue weighted by molar-refractivity contribution is 7.94. The lowest BCUT2D eigenvalue weighted by molar-refractivity contribution is 0.0309. The summed E-state index contributed by atoms with van der Waals surface area (Å²) < 4.78 is 39.9. The number of halogens is 1. The van der Waals surface area contributed by atoms with E-state index in [1.54, 1.807) is 0 Å². The number of hydrogen-bond acceptors (Lipinski definition) is 2. The summed E-state index contributed by atoms with van der Waals surface area (Å²) in [5.41, 5.74) is 0. The van der Waals surface area contributed by atoms with Crippen LogP contribution in [0.2, 0.25) is 0 Å². The fraction of sp³-hybridized carbons (Fsp3) is 1.00. The van der Waals surface area contributed by atoms with Crippen LogP contribution >= 0.6 is 0 Å². The molecule has 19 heavy (non-hydrogen) atoms. The molecule has 4 saturated carbocycles. The second-order valence-corrected chi connectivity index (χ2v) is 10.2. The van der Waals surface area contributed by atoms with Crippen LogP contribution in [0.1, 0.15) is 65.2 Å². The van der Waals surface area contributed by atoms with E-state index in [2.05, 4.69) is 0 Å². The number of sulfone groups is 1. The van der Waals surface area contributed by atoms with Crippen LogP contribution in [0.5, 0.6) is 0 Å². The topological polar surface area (TPSA) is 34.1 Å². The van der Waals surface area contributed by atoms with E-state index in [0.717, 1.165) is 19.3 Å². The van der Waals surface area contributed by atoms with Gasteiger partial charge in [-0.15, -0.1) is 0 Å². The van der Waals surface area contributed by atoms with Gasteiger partial charge in [0, 0.05) is 0 Å². The molecule has 0 aromatic carbocycles. The van der Waals surface area contributed by atoms with Crippen molar-refractivity contribution in [3.63, 3.8) is 0 Å². The Hall–Kier alpha value is -0.120. The predicted octanol–water partition coefficient (Wildman–Crippen LogP) is 3.86. The van der Waals surface area contributed by atoms with Crippen LogP contribution in [0.15, 0.2) is 0 Å². The summed E-state index contributed by atoms with van der Waals surface area (Å²) in [5.74, 6) is 1.62. The van der Waals surface area contributed by atoms with Gasteiger partial charge >= 0.3 is 0 Å². The van der Waals surface area contributed by atoms with Crippen molar-refractivity contribution in [1.29, 1.82) is 0 Å². The van der Waals surface area contributed by atoms with Crippen LogP contribution in [0.3, 0.4) is 0 Å². The van der Waals surface area contributed by atoms with Gasteiger partial charge < -0.3 is 0 Å². The number of alkyl halides is 1. The van der Waals surface area contributed by atoms with Gasteiger partial charge in [-0.1, -0.05) is 13.3 Å². The number of rotatable bonds is 4. The van der Waals surface area contributed by atoms with Crippen molar-refractivity contribution in [3.8, 4) is 0 Å². The Balaban J connectivity index is 1.97. The Morgan fingerprint density at radius 3 is 1.89 bits per heavy atom. The van der Waals surface area contributed by atoms with E-state index in [1.165, 1.54) is 26.2 Å². The molecule has 0 N–H and O–H groups in total. The number of hydrogen-bond donors (Lipinski definition) is 0. The van der Waals surface area contributed by atoms with Gasteiger partial charge in [0.25, 0.3) is 0 Å². The summed E-state index contributed by atoms with van der Waals surface area (Å²) in [7, 11) is -3.69. The lowest BCUT2D eigenvalue weighted by Crippen LogP contribution is -2.58. The van der Waals surface area contributed by atoms with E-state index in [0.29, 0.717) is 24.2 Å². The molecule has 1 atom stereocenters. The van der Waals surface area contributed by atoms with E-state index < -0.39 is 19.6 Å². The lowest BCUT2D eigenvalue weighted by atomic mass is 9.56. The van der Waals surface area contributed by atoms with E-state index in [-0.39, 0.29) is 6.42 Å². The van der Waals surface area contributed by atoms with Gasteiger partial charge in [-0.25, -0.2) is 12.8 Å². The average molecular weight is 288 g/mol. The lowest BCUT2D eigenvalue weighted by Gasteiger charge is -2.57. The minimum Gasteiger partial charge on any atom is -0.227 e. The Morgan fingerprint density at radius 1 is 1.11 bits per heavy atom. The van der Waals surface area contributed by atoms with Crippen LogP contribution < -0.4 is 0 Å². The predicted molar refractivity (Wildman–Crippen MR) is 74.2 cm³/mol. The zero-order valence-corrected chi connectivity index (χ0v) is 12.8. The summed E-state index contributed by atoms with van der Waals surface area (Å²) in [6.45, 7) is 3.15. The molecule has 4 rings (SSSR count). The van der Waals surface area contributed by atoms with Gasteiger partial charge in [0.2, 0.25) is 5.00 Å². The van der Waals surface area contributed by atoms with Crippen molar-refractivity contribution in [2.75, 3.05) is 0 Å². The summed E-state index contributed by atoms with van der Waals surface area (Å²) in [5, 5.41) is -2.03. The summed E-state index contributed by atoms with van der Waals surface area (Å²) in [6, 6.07) is 0.